The third-order valence-electron chi connectivity index (χ3n) is 10.3. The van der Waals surface area contributed by atoms with Gasteiger partial charge in [-0.1, -0.05) is 31.2 Å². The van der Waals surface area contributed by atoms with Crippen LogP contribution in [0.15, 0.2) is 60.0 Å². The van der Waals surface area contributed by atoms with Crippen LogP contribution in [-0.2, 0) is 14.2 Å². The summed E-state index contributed by atoms with van der Waals surface area (Å²) in [5, 5.41) is 2.53. The minimum Gasteiger partial charge on any atom is -0.382 e. The molecule has 5 aliphatic rings. The molecule has 1 saturated heterocycles. The third kappa shape index (κ3) is 3.19. The second-order valence-electron chi connectivity index (χ2n) is 11.9. The number of allylic oxidation sites excluding steroid dienone is 1. The molecule has 3 fully saturated rings. The lowest BCUT2D eigenvalue weighted by Gasteiger charge is -2.54. The van der Waals surface area contributed by atoms with Crippen LogP contribution in [0, 0.1) is 11.3 Å². The maximum atomic E-state index is 7.39. The summed E-state index contributed by atoms with van der Waals surface area (Å²) >= 11 is 0. The molecule has 0 amide bonds. The molecule has 2 aliphatic heterocycles. The quantitative estimate of drug-likeness (QED) is 0.466. The van der Waals surface area contributed by atoms with E-state index in [1.165, 1.54) is 40.3 Å². The van der Waals surface area contributed by atoms with E-state index in [9.17, 15) is 0 Å². The number of nitrogens with zero attached hydrogens (tertiary/aromatic N) is 1. The van der Waals surface area contributed by atoms with Crippen molar-refractivity contribution in [2.45, 2.75) is 81.5 Å². The fourth-order valence-electron chi connectivity index (χ4n) is 8.67. The summed E-state index contributed by atoms with van der Waals surface area (Å²) < 4.78 is 18.8. The van der Waals surface area contributed by atoms with Gasteiger partial charge in [-0.3, -0.25) is 4.98 Å². The summed E-state index contributed by atoms with van der Waals surface area (Å²) in [4.78, 5) is 4.38. The van der Waals surface area contributed by atoms with Crippen LogP contribution in [-0.4, -0.2) is 42.6 Å². The van der Waals surface area contributed by atoms with Crippen molar-refractivity contribution < 1.29 is 14.2 Å². The van der Waals surface area contributed by atoms with Crippen molar-refractivity contribution >= 4 is 10.8 Å². The van der Waals surface area contributed by atoms with Crippen LogP contribution in [0.3, 0.4) is 0 Å². The van der Waals surface area contributed by atoms with Crippen molar-refractivity contribution in [3.05, 3.63) is 65.5 Å². The average Bonchev–Trinajstić information content (AvgIpc) is 3.39. The smallest absolute Gasteiger partial charge is 0.0974 e. The van der Waals surface area contributed by atoms with Crippen molar-refractivity contribution in [1.29, 1.82) is 0 Å². The van der Waals surface area contributed by atoms with E-state index in [1.807, 2.05) is 12.4 Å². The largest absolute Gasteiger partial charge is 0.382 e. The van der Waals surface area contributed by atoms with E-state index >= 15 is 0 Å². The molecule has 7 rings (SSSR count). The summed E-state index contributed by atoms with van der Waals surface area (Å²) in [6.45, 7) is 3.89. The lowest BCUT2D eigenvalue weighted by molar-refractivity contribution is -0.150. The molecule has 2 saturated carbocycles. The predicted molar refractivity (Wildman–Crippen MR) is 137 cm³/mol. The van der Waals surface area contributed by atoms with E-state index < -0.39 is 0 Å². The molecule has 3 heterocycles. The van der Waals surface area contributed by atoms with Gasteiger partial charge in [-0.25, -0.2) is 0 Å². The normalized spacial score (nSPS) is 39.5. The molecular weight excluding hydrogens is 434 g/mol. The molecule has 3 aliphatic carbocycles. The maximum absolute atomic E-state index is 7.39. The number of aromatic nitrogens is 1. The minimum atomic E-state index is -0.113. The highest BCUT2D eigenvalue weighted by Crippen LogP contribution is 2.69. The van der Waals surface area contributed by atoms with Gasteiger partial charge in [0.15, 0.2) is 0 Å². The molecule has 4 nitrogen and oxygen atoms in total. The highest BCUT2D eigenvalue weighted by atomic mass is 16.5. The molecule has 1 unspecified atom stereocenters. The zero-order chi connectivity index (χ0) is 23.7. The van der Waals surface area contributed by atoms with Crippen LogP contribution >= 0.6 is 0 Å². The van der Waals surface area contributed by atoms with Gasteiger partial charge in [-0.2, -0.15) is 0 Å². The molecule has 2 bridgehead atoms. The second-order valence-corrected chi connectivity index (χ2v) is 11.9. The highest BCUT2D eigenvalue weighted by Gasteiger charge is 2.66. The van der Waals surface area contributed by atoms with Crippen LogP contribution in [0.5, 0.6) is 0 Å². The van der Waals surface area contributed by atoms with Crippen molar-refractivity contribution in [1.82, 2.24) is 4.98 Å². The standard InChI is InChI=1S/C31H37NO3/c1-29-11-9-25-18-24-5-6-26(34-16-15-33-2)19-30(24)12-13-31(25,35-30)28(29)8-7-27(29)22-4-3-21-10-14-32-20-23(21)17-22/h3-4,9-10,14,17-18,20,26-28H,5-8,11-13,15-16,19H2,1-2H3/t26-,27+,28+,29+,30?,31+/m0/s1. The van der Waals surface area contributed by atoms with E-state index in [2.05, 4.69) is 48.3 Å². The SMILES string of the molecule is COCCO[C@H]1CCC2=CC3=CC[C@]4(C)[C@@H](c5ccc6ccncc6c5)CC[C@H]4[C@@]34CCC2(C1)O4. The summed E-state index contributed by atoms with van der Waals surface area (Å²) in [6, 6.07) is 9.17. The molecule has 2 spiro atoms. The number of rotatable bonds is 5. The maximum Gasteiger partial charge on any atom is 0.0974 e. The van der Waals surface area contributed by atoms with Gasteiger partial charge >= 0.3 is 0 Å². The van der Waals surface area contributed by atoms with Crippen LogP contribution in [0.2, 0.25) is 0 Å². The van der Waals surface area contributed by atoms with Crippen LogP contribution in [0.1, 0.15) is 69.8 Å². The molecule has 2 aromatic rings. The lowest BCUT2D eigenvalue weighted by Crippen LogP contribution is -2.54. The fraction of sp³-hybridized carbons (Fsp3) is 0.581. The molecule has 35 heavy (non-hydrogen) atoms. The van der Waals surface area contributed by atoms with Crippen molar-refractivity contribution in [3.63, 3.8) is 0 Å². The van der Waals surface area contributed by atoms with Crippen LogP contribution in [0.25, 0.3) is 10.8 Å². The number of pyridine rings is 1. The van der Waals surface area contributed by atoms with Crippen LogP contribution in [0.4, 0.5) is 0 Å². The Hall–Kier alpha value is -2.01. The fourth-order valence-corrected chi connectivity index (χ4v) is 8.67. The second kappa shape index (κ2) is 7.99. The molecule has 4 heteroatoms. The first-order valence-electron chi connectivity index (χ1n) is 13.6. The van der Waals surface area contributed by atoms with E-state index in [4.69, 9.17) is 14.2 Å². The Morgan fingerprint density at radius 1 is 1.09 bits per heavy atom. The summed E-state index contributed by atoms with van der Waals surface area (Å²) in [7, 11) is 1.74. The zero-order valence-electron chi connectivity index (χ0n) is 21.1. The van der Waals surface area contributed by atoms with Gasteiger partial charge in [-0.05, 0) is 96.4 Å². The van der Waals surface area contributed by atoms with Crippen molar-refractivity contribution in [2.24, 2.45) is 11.3 Å². The Kier molecular flexibility index (Phi) is 5.07. The first-order chi connectivity index (χ1) is 17.1. The third-order valence-corrected chi connectivity index (χ3v) is 10.3. The van der Waals surface area contributed by atoms with E-state index in [-0.39, 0.29) is 22.7 Å². The number of ether oxygens (including phenoxy) is 3. The predicted octanol–water partition coefficient (Wildman–Crippen LogP) is 6.51. The Labute approximate surface area is 208 Å². The summed E-state index contributed by atoms with van der Waals surface area (Å²) in [6.07, 6.45) is 18.4. The highest BCUT2D eigenvalue weighted by molar-refractivity contribution is 5.82. The first kappa shape index (κ1) is 22.2. The Morgan fingerprint density at radius 2 is 2.03 bits per heavy atom. The molecule has 1 aromatic heterocycles. The number of fused-ring (bicyclic) bond motifs is 2. The van der Waals surface area contributed by atoms with Crippen LogP contribution < -0.4 is 0 Å². The van der Waals surface area contributed by atoms with Gasteiger partial charge < -0.3 is 14.2 Å². The Bertz CT molecular complexity index is 1220. The minimum absolute atomic E-state index is 0.113. The van der Waals surface area contributed by atoms with Crippen molar-refractivity contribution in [3.8, 4) is 0 Å². The van der Waals surface area contributed by atoms with E-state index in [1.54, 1.807) is 7.11 Å². The summed E-state index contributed by atoms with van der Waals surface area (Å²) in [5.41, 5.74) is 4.50. The number of hydrogen-bond acceptors (Lipinski definition) is 4. The molecule has 1 aromatic carbocycles. The zero-order valence-corrected chi connectivity index (χ0v) is 21.1. The molecular formula is C31H37NO3. The Balaban J connectivity index is 1.21. The van der Waals surface area contributed by atoms with Gasteiger partial charge in [0.1, 0.15) is 0 Å². The monoisotopic (exact) mass is 471 g/mol. The van der Waals surface area contributed by atoms with Gasteiger partial charge in [0.05, 0.1) is 30.5 Å². The summed E-state index contributed by atoms with van der Waals surface area (Å²) in [5.74, 6) is 1.13. The first-order valence-corrected chi connectivity index (χ1v) is 13.6. The topological polar surface area (TPSA) is 40.6 Å². The van der Waals surface area contributed by atoms with E-state index in [0.717, 1.165) is 38.5 Å². The number of methoxy groups -OCH3 is 1. The van der Waals surface area contributed by atoms with E-state index in [0.29, 0.717) is 25.0 Å². The molecule has 184 valence electrons. The van der Waals surface area contributed by atoms with Crippen molar-refractivity contribution in [2.75, 3.05) is 20.3 Å². The van der Waals surface area contributed by atoms with Gasteiger partial charge in [0.2, 0.25) is 0 Å². The van der Waals surface area contributed by atoms with Gasteiger partial charge in [-0.15, -0.1) is 0 Å². The molecule has 0 N–H and O–H groups in total. The number of hydrogen-bond donors (Lipinski definition) is 0. The average molecular weight is 472 g/mol. The Morgan fingerprint density at radius 3 is 2.94 bits per heavy atom. The molecule has 0 radical (unpaired) electrons. The van der Waals surface area contributed by atoms with Gasteiger partial charge in [0.25, 0.3) is 0 Å². The lowest BCUT2D eigenvalue weighted by atomic mass is 9.58. The number of benzene rings is 1. The molecule has 6 atom stereocenters. The van der Waals surface area contributed by atoms with Gasteiger partial charge in [0, 0.05) is 31.3 Å².